The van der Waals surface area contributed by atoms with Gasteiger partial charge in [-0.3, -0.25) is 0 Å². The number of allylic oxidation sites excluding steroid dienone is 1. The van der Waals surface area contributed by atoms with E-state index < -0.39 is 16.1 Å². The van der Waals surface area contributed by atoms with Gasteiger partial charge in [0.05, 0.1) is 17.6 Å². The normalized spacial score (nSPS) is 15.6. The molecule has 23 heavy (non-hydrogen) atoms. The molecule has 1 aliphatic rings. The molecule has 0 bridgehead atoms. The van der Waals surface area contributed by atoms with Crippen LogP contribution in [0, 0.1) is 0 Å². The number of fused-ring (bicyclic) bond motifs is 1. The van der Waals surface area contributed by atoms with Crippen LogP contribution >= 0.6 is 0 Å². The van der Waals surface area contributed by atoms with Crippen molar-refractivity contribution in [3.8, 4) is 0 Å². The molecule has 1 atom stereocenters. The Labute approximate surface area is 136 Å². The lowest BCUT2D eigenvalue weighted by atomic mass is 9.98. The largest absolute Gasteiger partial charge is 0.394 e. The lowest BCUT2D eigenvalue weighted by Gasteiger charge is -2.21. The number of aryl methyl sites for hydroxylation is 1. The van der Waals surface area contributed by atoms with Crippen molar-refractivity contribution in [2.75, 3.05) is 6.61 Å². The van der Waals surface area contributed by atoms with Crippen LogP contribution in [-0.2, 0) is 16.4 Å². The third-order valence-corrected chi connectivity index (χ3v) is 5.65. The summed E-state index contributed by atoms with van der Waals surface area (Å²) in [5.41, 5.74) is 2.85. The fourth-order valence-corrected chi connectivity index (χ4v) is 4.17. The predicted octanol–water partition coefficient (Wildman–Crippen LogP) is 2.63. The van der Waals surface area contributed by atoms with Crippen molar-refractivity contribution in [2.24, 2.45) is 0 Å². The summed E-state index contributed by atoms with van der Waals surface area (Å²) in [6.45, 7) is -0.285. The van der Waals surface area contributed by atoms with Crippen molar-refractivity contribution in [3.63, 3.8) is 0 Å². The number of hydrogen-bond donors (Lipinski definition) is 2. The first-order valence-electron chi connectivity index (χ1n) is 7.57. The maximum atomic E-state index is 12.6. The molecule has 0 heterocycles. The zero-order valence-electron chi connectivity index (χ0n) is 12.6. The zero-order chi connectivity index (χ0) is 16.3. The number of aliphatic hydroxyl groups is 1. The van der Waals surface area contributed by atoms with E-state index in [-0.39, 0.29) is 6.61 Å². The van der Waals surface area contributed by atoms with Gasteiger partial charge in [0.1, 0.15) is 0 Å². The van der Waals surface area contributed by atoms with Crippen LogP contribution in [-0.4, -0.2) is 20.1 Å². The van der Waals surface area contributed by atoms with Gasteiger partial charge in [0.25, 0.3) is 0 Å². The van der Waals surface area contributed by atoms with Gasteiger partial charge in [-0.25, -0.2) is 13.1 Å². The second-order valence-corrected chi connectivity index (χ2v) is 7.34. The fourth-order valence-electron chi connectivity index (χ4n) is 2.78. The Morgan fingerprint density at radius 1 is 1.00 bits per heavy atom. The molecule has 0 amide bonds. The van der Waals surface area contributed by atoms with Gasteiger partial charge in [0.15, 0.2) is 0 Å². The Morgan fingerprint density at radius 3 is 2.43 bits per heavy atom. The molecule has 1 aliphatic carbocycles. The van der Waals surface area contributed by atoms with Gasteiger partial charge in [0, 0.05) is 0 Å². The van der Waals surface area contributed by atoms with E-state index in [1.807, 2.05) is 42.5 Å². The van der Waals surface area contributed by atoms with E-state index in [9.17, 15) is 13.5 Å². The van der Waals surface area contributed by atoms with Gasteiger partial charge in [-0.2, -0.15) is 0 Å². The van der Waals surface area contributed by atoms with Crippen molar-refractivity contribution >= 4 is 16.1 Å². The zero-order valence-corrected chi connectivity index (χ0v) is 13.5. The molecule has 2 aromatic carbocycles. The molecule has 5 heteroatoms. The molecule has 4 nitrogen and oxygen atoms in total. The highest BCUT2D eigenvalue weighted by atomic mass is 32.2. The van der Waals surface area contributed by atoms with Crippen molar-refractivity contribution in [2.45, 2.75) is 18.9 Å². The Balaban J connectivity index is 1.86. The summed E-state index contributed by atoms with van der Waals surface area (Å²) in [5, 5.41) is 9.55. The van der Waals surface area contributed by atoms with Crippen LogP contribution in [0.3, 0.4) is 0 Å². The second kappa shape index (κ2) is 6.66. The minimum absolute atomic E-state index is 0.285. The van der Waals surface area contributed by atoms with Gasteiger partial charge >= 0.3 is 0 Å². The Hall–Kier alpha value is -1.95. The average molecular weight is 329 g/mol. The van der Waals surface area contributed by atoms with Crippen LogP contribution < -0.4 is 4.72 Å². The molecule has 3 rings (SSSR count). The highest BCUT2D eigenvalue weighted by Crippen LogP contribution is 2.27. The minimum atomic E-state index is -3.63. The average Bonchev–Trinajstić information content (AvgIpc) is 2.60. The Bertz CT molecular complexity index is 813. The van der Waals surface area contributed by atoms with Crippen LogP contribution in [0.2, 0.25) is 0 Å². The lowest BCUT2D eigenvalue weighted by molar-refractivity contribution is 0.259. The van der Waals surface area contributed by atoms with E-state index in [0.29, 0.717) is 17.7 Å². The summed E-state index contributed by atoms with van der Waals surface area (Å²) in [4.78, 5) is 0.366. The maximum absolute atomic E-state index is 12.6. The number of nitrogens with one attached hydrogen (secondary N) is 1. The number of aliphatic hydroxyl groups excluding tert-OH is 1. The monoisotopic (exact) mass is 329 g/mol. The van der Waals surface area contributed by atoms with E-state index in [4.69, 9.17) is 0 Å². The highest BCUT2D eigenvalue weighted by molar-refractivity contribution is 7.93. The molecule has 2 aromatic rings. The second-order valence-electron chi connectivity index (χ2n) is 5.58. The molecule has 0 saturated carbocycles. The van der Waals surface area contributed by atoms with Crippen LogP contribution in [0.1, 0.15) is 29.2 Å². The quantitative estimate of drug-likeness (QED) is 0.886. The SMILES string of the molecule is O=S(=O)(NC(CO)c1ccccc1)C1=Cc2ccccc2CC1. The third kappa shape index (κ3) is 3.52. The first kappa shape index (κ1) is 15.9. The molecule has 2 N–H and O–H groups in total. The standard InChI is InChI=1S/C18H19NO3S/c20-13-18(15-7-2-1-3-8-15)19-23(21,22)17-11-10-14-6-4-5-9-16(14)12-17/h1-9,12,18-20H,10-11,13H2. The molecular weight excluding hydrogens is 310 g/mol. The van der Waals surface area contributed by atoms with Crippen molar-refractivity contribution in [1.29, 1.82) is 0 Å². The van der Waals surface area contributed by atoms with E-state index in [1.165, 1.54) is 0 Å². The van der Waals surface area contributed by atoms with Crippen LogP contribution in [0.4, 0.5) is 0 Å². The molecule has 0 radical (unpaired) electrons. The fraction of sp³-hybridized carbons (Fsp3) is 0.222. The van der Waals surface area contributed by atoms with Crippen molar-refractivity contribution in [3.05, 3.63) is 76.2 Å². The maximum Gasteiger partial charge on any atom is 0.237 e. The topological polar surface area (TPSA) is 66.4 Å². The third-order valence-electron chi connectivity index (χ3n) is 4.04. The van der Waals surface area contributed by atoms with Gasteiger partial charge < -0.3 is 5.11 Å². The van der Waals surface area contributed by atoms with Gasteiger partial charge in [-0.15, -0.1) is 0 Å². The number of sulfonamides is 1. The van der Waals surface area contributed by atoms with Crippen LogP contribution in [0.25, 0.3) is 6.08 Å². The highest BCUT2D eigenvalue weighted by Gasteiger charge is 2.25. The molecule has 1 unspecified atom stereocenters. The number of benzene rings is 2. The molecule has 120 valence electrons. The lowest BCUT2D eigenvalue weighted by Crippen LogP contribution is -2.32. The molecule has 0 aromatic heterocycles. The van der Waals surface area contributed by atoms with Crippen molar-refractivity contribution in [1.82, 2.24) is 4.72 Å². The van der Waals surface area contributed by atoms with E-state index in [1.54, 1.807) is 18.2 Å². The van der Waals surface area contributed by atoms with Gasteiger partial charge in [-0.05, 0) is 35.6 Å². The number of hydrogen-bond acceptors (Lipinski definition) is 3. The van der Waals surface area contributed by atoms with E-state index in [0.717, 1.165) is 16.7 Å². The molecule has 0 fully saturated rings. The van der Waals surface area contributed by atoms with Crippen LogP contribution in [0.15, 0.2) is 59.5 Å². The summed E-state index contributed by atoms with van der Waals surface area (Å²) in [7, 11) is -3.63. The van der Waals surface area contributed by atoms with Crippen molar-refractivity contribution < 1.29 is 13.5 Å². The Kier molecular flexibility index (Phi) is 4.61. The Morgan fingerprint density at radius 2 is 1.70 bits per heavy atom. The first-order valence-corrected chi connectivity index (χ1v) is 9.05. The van der Waals surface area contributed by atoms with Gasteiger partial charge in [0.2, 0.25) is 10.0 Å². The van der Waals surface area contributed by atoms with Gasteiger partial charge in [-0.1, -0.05) is 54.6 Å². The summed E-state index contributed by atoms with van der Waals surface area (Å²) in [6.07, 6.45) is 2.90. The number of rotatable bonds is 5. The van der Waals surface area contributed by atoms with E-state index >= 15 is 0 Å². The molecule has 0 aliphatic heterocycles. The summed E-state index contributed by atoms with van der Waals surface area (Å²) < 4.78 is 27.9. The van der Waals surface area contributed by atoms with E-state index in [2.05, 4.69) is 4.72 Å². The van der Waals surface area contributed by atoms with Crippen LogP contribution in [0.5, 0.6) is 0 Å². The first-order chi connectivity index (χ1) is 11.1. The summed E-state index contributed by atoms with van der Waals surface area (Å²) in [5.74, 6) is 0. The minimum Gasteiger partial charge on any atom is -0.394 e. The summed E-state index contributed by atoms with van der Waals surface area (Å²) >= 11 is 0. The summed E-state index contributed by atoms with van der Waals surface area (Å²) in [6, 6.07) is 16.3. The molecule has 0 spiro atoms. The molecule has 0 saturated heterocycles. The smallest absolute Gasteiger partial charge is 0.237 e. The molecular formula is C18H19NO3S. The predicted molar refractivity (Wildman–Crippen MR) is 91.1 cm³/mol.